The van der Waals surface area contributed by atoms with E-state index in [1.54, 1.807) is 6.92 Å². The van der Waals surface area contributed by atoms with Crippen molar-refractivity contribution in [2.75, 3.05) is 0 Å². The highest BCUT2D eigenvalue weighted by Crippen LogP contribution is 2.17. The number of aliphatic carboxylic acids is 2. The summed E-state index contributed by atoms with van der Waals surface area (Å²) in [5.74, 6) is -2.71. The second-order valence-corrected chi connectivity index (χ2v) is 5.04. The summed E-state index contributed by atoms with van der Waals surface area (Å²) in [7, 11) is 0. The van der Waals surface area contributed by atoms with Gasteiger partial charge >= 0.3 is 18.0 Å². The van der Waals surface area contributed by atoms with Crippen LogP contribution in [0, 0.1) is 6.92 Å². The standard InChI is InChI=1S/C11H15N3O5S/c1-5-4-20-9(12-5)6(2)13-11(19)14-7(10(17)18)3-8(15)16/h4,6-7H,3H2,1-2H3,(H,15,16)(H,17,18)(H2,13,14,19)/t6?,7-/m0/s1. The Hall–Kier alpha value is -2.16. The van der Waals surface area contributed by atoms with Gasteiger partial charge in [-0.3, -0.25) is 4.79 Å². The number of hydrogen-bond acceptors (Lipinski definition) is 5. The van der Waals surface area contributed by atoms with E-state index in [1.165, 1.54) is 11.3 Å². The van der Waals surface area contributed by atoms with E-state index in [2.05, 4.69) is 15.6 Å². The molecule has 1 unspecified atom stereocenters. The Kier molecular flexibility index (Phi) is 5.44. The third-order valence-electron chi connectivity index (χ3n) is 2.34. The third-order valence-corrected chi connectivity index (χ3v) is 3.48. The molecule has 9 heteroatoms. The molecular weight excluding hydrogens is 286 g/mol. The van der Waals surface area contributed by atoms with E-state index in [0.29, 0.717) is 5.01 Å². The van der Waals surface area contributed by atoms with Gasteiger partial charge in [0.2, 0.25) is 0 Å². The maximum atomic E-state index is 11.6. The SMILES string of the molecule is Cc1csc(C(C)NC(=O)N[C@@H](CC(=O)O)C(=O)O)n1. The van der Waals surface area contributed by atoms with Crippen molar-refractivity contribution in [1.82, 2.24) is 15.6 Å². The molecule has 1 rings (SSSR count). The molecule has 1 aromatic rings. The molecule has 1 heterocycles. The number of nitrogens with one attached hydrogen (secondary N) is 2. The van der Waals surface area contributed by atoms with Crippen LogP contribution in [0.5, 0.6) is 0 Å². The van der Waals surface area contributed by atoms with E-state index in [1.807, 2.05) is 12.3 Å². The molecule has 20 heavy (non-hydrogen) atoms. The minimum absolute atomic E-state index is 0.395. The highest BCUT2D eigenvalue weighted by Gasteiger charge is 2.24. The summed E-state index contributed by atoms with van der Waals surface area (Å²) in [6.07, 6.45) is -0.687. The summed E-state index contributed by atoms with van der Waals surface area (Å²) >= 11 is 1.37. The van der Waals surface area contributed by atoms with Crippen molar-refractivity contribution in [1.29, 1.82) is 0 Å². The van der Waals surface area contributed by atoms with E-state index in [9.17, 15) is 14.4 Å². The quantitative estimate of drug-likeness (QED) is 0.613. The van der Waals surface area contributed by atoms with Crippen molar-refractivity contribution in [3.63, 3.8) is 0 Å². The number of carboxylic acid groups (broad SMARTS) is 2. The molecule has 0 aliphatic carbocycles. The predicted octanol–water partition coefficient (Wildman–Crippen LogP) is 0.740. The monoisotopic (exact) mass is 301 g/mol. The van der Waals surface area contributed by atoms with Crippen LogP contribution in [0.15, 0.2) is 5.38 Å². The first-order valence-corrected chi connectivity index (χ1v) is 6.61. The smallest absolute Gasteiger partial charge is 0.326 e. The maximum Gasteiger partial charge on any atom is 0.326 e. The molecule has 0 aliphatic heterocycles. The molecule has 0 aromatic carbocycles. The summed E-state index contributed by atoms with van der Waals surface area (Å²) in [4.78, 5) is 37.1. The number of carbonyl (C=O) groups is 3. The number of carbonyl (C=O) groups excluding carboxylic acids is 1. The average Bonchev–Trinajstić information content (AvgIpc) is 2.74. The Morgan fingerprint density at radius 1 is 1.35 bits per heavy atom. The van der Waals surface area contributed by atoms with Gasteiger partial charge in [0, 0.05) is 11.1 Å². The van der Waals surface area contributed by atoms with Crippen LogP contribution in [0.1, 0.15) is 30.1 Å². The summed E-state index contributed by atoms with van der Waals surface area (Å²) in [5, 5.41) is 24.5. The lowest BCUT2D eigenvalue weighted by Crippen LogP contribution is -2.47. The van der Waals surface area contributed by atoms with Crippen LogP contribution in [0.3, 0.4) is 0 Å². The molecule has 110 valence electrons. The van der Waals surface area contributed by atoms with Crippen LogP contribution in [0.2, 0.25) is 0 Å². The van der Waals surface area contributed by atoms with E-state index in [4.69, 9.17) is 10.2 Å². The summed E-state index contributed by atoms with van der Waals surface area (Å²) in [5.41, 5.74) is 0.827. The van der Waals surface area contributed by atoms with Crippen molar-refractivity contribution < 1.29 is 24.6 Å². The van der Waals surface area contributed by atoms with Crippen molar-refractivity contribution in [2.24, 2.45) is 0 Å². The van der Waals surface area contributed by atoms with Crippen LogP contribution in [-0.2, 0) is 9.59 Å². The lowest BCUT2D eigenvalue weighted by atomic mass is 10.2. The fourth-order valence-electron chi connectivity index (χ4n) is 1.40. The number of carboxylic acids is 2. The highest BCUT2D eigenvalue weighted by molar-refractivity contribution is 7.09. The number of nitrogens with zero attached hydrogens (tertiary/aromatic N) is 1. The van der Waals surface area contributed by atoms with Crippen LogP contribution in [-0.4, -0.2) is 39.2 Å². The average molecular weight is 301 g/mol. The number of rotatable bonds is 6. The molecule has 0 aliphatic rings. The second-order valence-electron chi connectivity index (χ2n) is 4.16. The Bertz CT molecular complexity index is 516. The van der Waals surface area contributed by atoms with Crippen molar-refractivity contribution in [3.8, 4) is 0 Å². The van der Waals surface area contributed by atoms with Gasteiger partial charge < -0.3 is 20.8 Å². The third kappa shape index (κ3) is 4.84. The minimum atomic E-state index is -1.47. The van der Waals surface area contributed by atoms with Crippen molar-refractivity contribution in [3.05, 3.63) is 16.1 Å². The molecule has 0 radical (unpaired) electrons. The lowest BCUT2D eigenvalue weighted by Gasteiger charge is -2.16. The zero-order valence-electron chi connectivity index (χ0n) is 10.9. The van der Waals surface area contributed by atoms with Gasteiger partial charge in [-0.1, -0.05) is 0 Å². The van der Waals surface area contributed by atoms with Gasteiger partial charge in [0.15, 0.2) is 0 Å². The minimum Gasteiger partial charge on any atom is -0.481 e. The topological polar surface area (TPSA) is 129 Å². The van der Waals surface area contributed by atoms with Gasteiger partial charge in [-0.25, -0.2) is 14.6 Å². The largest absolute Gasteiger partial charge is 0.481 e. The van der Waals surface area contributed by atoms with E-state index in [0.717, 1.165) is 5.69 Å². The fourth-order valence-corrected chi connectivity index (χ4v) is 2.21. The zero-order valence-corrected chi connectivity index (χ0v) is 11.7. The van der Waals surface area contributed by atoms with Gasteiger partial charge in [0.1, 0.15) is 11.0 Å². The summed E-state index contributed by atoms with van der Waals surface area (Å²) < 4.78 is 0. The number of aromatic nitrogens is 1. The van der Waals surface area contributed by atoms with Gasteiger partial charge in [0.05, 0.1) is 12.5 Å². The van der Waals surface area contributed by atoms with E-state index >= 15 is 0 Å². The number of hydrogen-bond donors (Lipinski definition) is 4. The molecule has 1 aromatic heterocycles. The molecule has 2 amide bonds. The molecule has 0 saturated carbocycles. The second kappa shape index (κ2) is 6.85. The van der Waals surface area contributed by atoms with Crippen molar-refractivity contribution in [2.45, 2.75) is 32.4 Å². The molecule has 2 atom stereocenters. The van der Waals surface area contributed by atoms with Crippen LogP contribution in [0.4, 0.5) is 4.79 Å². The highest BCUT2D eigenvalue weighted by atomic mass is 32.1. The molecule has 0 fully saturated rings. The van der Waals surface area contributed by atoms with Crippen LogP contribution >= 0.6 is 11.3 Å². The van der Waals surface area contributed by atoms with Crippen molar-refractivity contribution >= 4 is 29.3 Å². The number of urea groups is 1. The molecular formula is C11H15N3O5S. The summed E-state index contributed by atoms with van der Waals surface area (Å²) in [6.45, 7) is 3.52. The zero-order chi connectivity index (χ0) is 15.3. The molecule has 8 nitrogen and oxygen atoms in total. The first-order chi connectivity index (χ1) is 9.29. The maximum absolute atomic E-state index is 11.6. The Morgan fingerprint density at radius 2 is 2.00 bits per heavy atom. The fraction of sp³-hybridized carbons (Fsp3) is 0.455. The molecule has 0 saturated heterocycles. The Balaban J connectivity index is 2.57. The van der Waals surface area contributed by atoms with Gasteiger partial charge in [0.25, 0.3) is 0 Å². The summed E-state index contributed by atoms with van der Waals surface area (Å²) in [6, 6.07) is -2.62. The van der Waals surface area contributed by atoms with Gasteiger partial charge in [-0.2, -0.15) is 0 Å². The number of amides is 2. The number of aryl methyl sites for hydroxylation is 1. The van der Waals surface area contributed by atoms with E-state index < -0.39 is 36.5 Å². The van der Waals surface area contributed by atoms with E-state index in [-0.39, 0.29) is 0 Å². The normalized spacial score (nSPS) is 13.3. The predicted molar refractivity (Wildman–Crippen MR) is 70.6 cm³/mol. The first-order valence-electron chi connectivity index (χ1n) is 5.73. The molecule has 4 N–H and O–H groups in total. The number of thiazole rings is 1. The van der Waals surface area contributed by atoms with Gasteiger partial charge in [-0.05, 0) is 13.8 Å². The first kappa shape index (κ1) is 15.9. The van der Waals surface area contributed by atoms with Crippen LogP contribution in [0.25, 0.3) is 0 Å². The molecule has 0 spiro atoms. The van der Waals surface area contributed by atoms with Crippen LogP contribution < -0.4 is 10.6 Å². The molecule has 0 bridgehead atoms. The lowest BCUT2D eigenvalue weighted by molar-refractivity contribution is -0.145. The Labute approximate surface area is 118 Å². The van der Waals surface area contributed by atoms with Gasteiger partial charge in [-0.15, -0.1) is 11.3 Å². The Morgan fingerprint density at radius 3 is 2.45 bits per heavy atom.